The Bertz CT molecular complexity index is 744. The maximum atomic E-state index is 12.1. The molecule has 2 aromatic heterocycles. The number of nitrogens with zero attached hydrogens (tertiary/aromatic N) is 3. The lowest BCUT2D eigenvalue weighted by atomic mass is 10.2. The number of hydrogen-bond acceptors (Lipinski definition) is 4. The number of unbranched alkanes of at least 4 members (excludes halogenated alkanes) is 4. The van der Waals surface area contributed by atoms with E-state index in [1.165, 1.54) is 30.3 Å². The molecule has 2 aromatic rings. The minimum absolute atomic E-state index is 0.359. The van der Waals surface area contributed by atoms with E-state index in [0.29, 0.717) is 17.7 Å². The van der Waals surface area contributed by atoms with Crippen molar-refractivity contribution in [3.63, 3.8) is 0 Å². The second-order valence-corrected chi connectivity index (χ2v) is 6.45. The summed E-state index contributed by atoms with van der Waals surface area (Å²) < 4.78 is 3.29. The molecule has 0 bridgehead atoms. The fourth-order valence-electron chi connectivity index (χ4n) is 2.49. The summed E-state index contributed by atoms with van der Waals surface area (Å²) in [5.74, 6) is 0.985. The van der Waals surface area contributed by atoms with Gasteiger partial charge in [0.15, 0.2) is 16.3 Å². The summed E-state index contributed by atoms with van der Waals surface area (Å²) in [6.45, 7) is 4.85. The molecule has 0 aliphatic carbocycles. The van der Waals surface area contributed by atoms with Crippen molar-refractivity contribution in [1.29, 1.82) is 0 Å². The van der Waals surface area contributed by atoms with Gasteiger partial charge < -0.3 is 4.57 Å². The largest absolute Gasteiger partial charge is 0.329 e. The molecule has 0 saturated heterocycles. The van der Waals surface area contributed by atoms with Crippen LogP contribution in [-0.4, -0.2) is 24.9 Å². The third kappa shape index (κ3) is 3.45. The minimum atomic E-state index is -0.422. The quantitative estimate of drug-likeness (QED) is 0.598. The first kappa shape index (κ1) is 16.9. The van der Waals surface area contributed by atoms with Crippen LogP contribution in [0.15, 0.2) is 14.7 Å². The number of aryl methyl sites for hydroxylation is 2. The lowest BCUT2D eigenvalue weighted by Gasteiger charge is -2.05. The van der Waals surface area contributed by atoms with Crippen molar-refractivity contribution in [3.05, 3.63) is 20.8 Å². The summed E-state index contributed by atoms with van der Waals surface area (Å²) in [6.07, 6.45) is 6.18. The average molecular weight is 324 g/mol. The van der Waals surface area contributed by atoms with Gasteiger partial charge in [0.1, 0.15) is 0 Å². The van der Waals surface area contributed by atoms with Gasteiger partial charge in [0, 0.05) is 19.3 Å². The van der Waals surface area contributed by atoms with E-state index < -0.39 is 5.69 Å². The molecule has 0 fully saturated rings. The van der Waals surface area contributed by atoms with Crippen LogP contribution in [0.1, 0.15) is 46.0 Å². The molecule has 22 heavy (non-hydrogen) atoms. The standard InChI is InChI=1S/C15H24N4O2S/c1-4-6-7-8-9-10-22-15-16-12-11(19(15)5-2)13(20)17-14(21)18(12)3/h4-10H2,1-3H3,(H,17,20,21). The number of H-pyrrole nitrogens is 1. The summed E-state index contributed by atoms with van der Waals surface area (Å²) in [5.41, 5.74) is 0.166. The first-order chi connectivity index (χ1) is 10.6. The first-order valence-electron chi connectivity index (χ1n) is 7.92. The molecule has 122 valence electrons. The highest BCUT2D eigenvalue weighted by Gasteiger charge is 2.16. The Morgan fingerprint density at radius 2 is 1.86 bits per heavy atom. The van der Waals surface area contributed by atoms with E-state index in [9.17, 15) is 9.59 Å². The Hall–Kier alpha value is -1.50. The van der Waals surface area contributed by atoms with Crippen LogP contribution in [0.4, 0.5) is 0 Å². The SMILES string of the molecule is CCCCCCCSc1nc2c(c(=O)[nH]c(=O)n2C)n1CC. The Morgan fingerprint density at radius 3 is 2.55 bits per heavy atom. The molecule has 1 N–H and O–H groups in total. The molecule has 0 spiro atoms. The predicted octanol–water partition coefficient (Wildman–Crippen LogP) is 2.51. The fraction of sp³-hybridized carbons (Fsp3) is 0.667. The van der Waals surface area contributed by atoms with Crippen molar-refractivity contribution in [3.8, 4) is 0 Å². The third-order valence-corrected chi connectivity index (χ3v) is 4.83. The predicted molar refractivity (Wildman–Crippen MR) is 90.8 cm³/mol. The lowest BCUT2D eigenvalue weighted by molar-refractivity contribution is 0.657. The van der Waals surface area contributed by atoms with Crippen LogP contribution < -0.4 is 11.2 Å². The molecule has 0 aliphatic rings. The molecule has 2 heterocycles. The van der Waals surface area contributed by atoms with Gasteiger partial charge in [-0.1, -0.05) is 44.4 Å². The van der Waals surface area contributed by atoms with E-state index in [1.54, 1.807) is 18.8 Å². The van der Waals surface area contributed by atoms with Crippen molar-refractivity contribution in [2.24, 2.45) is 7.05 Å². The molecule has 2 rings (SSSR count). The molecular formula is C15H24N4O2S. The Balaban J connectivity index is 2.20. The zero-order valence-corrected chi connectivity index (χ0v) is 14.3. The van der Waals surface area contributed by atoms with Gasteiger partial charge in [0.25, 0.3) is 5.56 Å². The highest BCUT2D eigenvalue weighted by molar-refractivity contribution is 7.99. The summed E-state index contributed by atoms with van der Waals surface area (Å²) in [5, 5.41) is 0.819. The van der Waals surface area contributed by atoms with Crippen LogP contribution in [0.25, 0.3) is 11.2 Å². The van der Waals surface area contributed by atoms with Crippen LogP contribution in [0, 0.1) is 0 Å². The van der Waals surface area contributed by atoms with E-state index in [1.807, 2.05) is 11.5 Å². The highest BCUT2D eigenvalue weighted by atomic mass is 32.2. The Kier molecular flexibility index (Phi) is 5.88. The molecule has 0 unspecified atom stereocenters. The molecule has 0 amide bonds. The minimum Gasteiger partial charge on any atom is -0.313 e. The maximum absolute atomic E-state index is 12.1. The second kappa shape index (κ2) is 7.67. The molecule has 0 radical (unpaired) electrons. The van der Waals surface area contributed by atoms with Crippen LogP contribution in [0.2, 0.25) is 0 Å². The Morgan fingerprint density at radius 1 is 1.14 bits per heavy atom. The summed E-state index contributed by atoms with van der Waals surface area (Å²) in [7, 11) is 1.63. The monoisotopic (exact) mass is 324 g/mol. The number of hydrogen-bond donors (Lipinski definition) is 1. The molecular weight excluding hydrogens is 300 g/mol. The number of aromatic nitrogens is 4. The van der Waals surface area contributed by atoms with Crippen molar-refractivity contribution in [1.82, 2.24) is 19.1 Å². The number of aromatic amines is 1. The van der Waals surface area contributed by atoms with Gasteiger partial charge in [-0.25, -0.2) is 9.78 Å². The molecule has 0 atom stereocenters. The second-order valence-electron chi connectivity index (χ2n) is 5.39. The van der Waals surface area contributed by atoms with Crippen LogP contribution in [0.3, 0.4) is 0 Å². The first-order valence-corrected chi connectivity index (χ1v) is 8.91. The van der Waals surface area contributed by atoms with E-state index in [-0.39, 0.29) is 5.56 Å². The van der Waals surface area contributed by atoms with Crippen molar-refractivity contribution in [2.45, 2.75) is 57.7 Å². The fourth-order valence-corrected chi connectivity index (χ4v) is 3.55. The lowest BCUT2D eigenvalue weighted by Crippen LogP contribution is -2.29. The molecule has 7 heteroatoms. The van der Waals surface area contributed by atoms with Crippen molar-refractivity contribution < 1.29 is 0 Å². The van der Waals surface area contributed by atoms with E-state index >= 15 is 0 Å². The number of fused-ring (bicyclic) bond motifs is 1. The molecule has 6 nitrogen and oxygen atoms in total. The summed E-state index contributed by atoms with van der Waals surface area (Å²) >= 11 is 1.66. The van der Waals surface area contributed by atoms with Crippen LogP contribution in [-0.2, 0) is 13.6 Å². The zero-order valence-electron chi connectivity index (χ0n) is 13.5. The van der Waals surface area contributed by atoms with Gasteiger partial charge in [0.2, 0.25) is 0 Å². The zero-order chi connectivity index (χ0) is 16.1. The van der Waals surface area contributed by atoms with Gasteiger partial charge in [-0.05, 0) is 13.3 Å². The molecule has 0 saturated carbocycles. The number of thioether (sulfide) groups is 1. The van der Waals surface area contributed by atoms with E-state index in [2.05, 4.69) is 16.9 Å². The Labute approximate surface area is 133 Å². The third-order valence-electron chi connectivity index (χ3n) is 3.77. The summed E-state index contributed by atoms with van der Waals surface area (Å²) in [6, 6.07) is 0. The van der Waals surface area contributed by atoms with Crippen LogP contribution >= 0.6 is 11.8 Å². The van der Waals surface area contributed by atoms with Gasteiger partial charge >= 0.3 is 5.69 Å². The average Bonchev–Trinajstić information content (AvgIpc) is 2.87. The maximum Gasteiger partial charge on any atom is 0.329 e. The number of rotatable bonds is 8. The normalized spacial score (nSPS) is 11.4. The smallest absolute Gasteiger partial charge is 0.313 e. The van der Waals surface area contributed by atoms with E-state index in [4.69, 9.17) is 0 Å². The van der Waals surface area contributed by atoms with Crippen molar-refractivity contribution in [2.75, 3.05) is 5.75 Å². The molecule has 0 aliphatic heterocycles. The van der Waals surface area contributed by atoms with E-state index in [0.717, 1.165) is 17.3 Å². The van der Waals surface area contributed by atoms with Gasteiger partial charge in [-0.3, -0.25) is 14.3 Å². The van der Waals surface area contributed by atoms with Gasteiger partial charge in [-0.15, -0.1) is 0 Å². The topological polar surface area (TPSA) is 72.7 Å². The summed E-state index contributed by atoms with van der Waals surface area (Å²) in [4.78, 5) is 30.6. The van der Waals surface area contributed by atoms with Gasteiger partial charge in [0.05, 0.1) is 0 Å². The van der Waals surface area contributed by atoms with Gasteiger partial charge in [-0.2, -0.15) is 0 Å². The number of imidazole rings is 1. The van der Waals surface area contributed by atoms with Crippen molar-refractivity contribution >= 4 is 22.9 Å². The number of nitrogens with one attached hydrogen (secondary N) is 1. The molecule has 0 aromatic carbocycles. The highest BCUT2D eigenvalue weighted by Crippen LogP contribution is 2.22. The van der Waals surface area contributed by atoms with Crippen LogP contribution in [0.5, 0.6) is 0 Å².